The maximum absolute atomic E-state index is 12.2. The lowest BCUT2D eigenvalue weighted by molar-refractivity contribution is -0.384. The van der Waals surface area contributed by atoms with Crippen molar-refractivity contribution in [2.45, 2.75) is 6.92 Å². The highest BCUT2D eigenvalue weighted by atomic mass is 16.6. The number of nitro groups is 1. The lowest BCUT2D eigenvalue weighted by Crippen LogP contribution is -2.02. The van der Waals surface area contributed by atoms with Crippen LogP contribution in [0.15, 0.2) is 41.6 Å². The van der Waals surface area contributed by atoms with Gasteiger partial charge >= 0.3 is 5.69 Å². The van der Waals surface area contributed by atoms with Crippen molar-refractivity contribution in [2.75, 3.05) is 0 Å². The Morgan fingerprint density at radius 2 is 1.81 bits per heavy atom. The molecule has 0 fully saturated rings. The number of aromatic hydroxyl groups is 1. The van der Waals surface area contributed by atoms with Crippen molar-refractivity contribution in [3.63, 3.8) is 0 Å². The number of hydrogen-bond acceptors (Lipinski definition) is 6. The van der Waals surface area contributed by atoms with E-state index in [1.165, 1.54) is 0 Å². The largest absolute Gasteiger partial charge is 0.505 e. The molecule has 7 nitrogen and oxygen atoms in total. The highest BCUT2D eigenvalue weighted by molar-refractivity contribution is 6.10. The Bertz CT molecular complexity index is 738. The van der Waals surface area contributed by atoms with Crippen LogP contribution in [0.5, 0.6) is 5.75 Å². The molecular weight excluding hydrogens is 276 g/mol. The number of phenolic OH excluding ortho intramolecular Hbond substituents is 1. The minimum absolute atomic E-state index is 0.0875. The zero-order valence-electron chi connectivity index (χ0n) is 10.9. The van der Waals surface area contributed by atoms with E-state index in [4.69, 9.17) is 0 Å². The Morgan fingerprint density at radius 1 is 1.19 bits per heavy atom. The van der Waals surface area contributed by atoms with Crippen LogP contribution in [0.2, 0.25) is 0 Å². The van der Waals surface area contributed by atoms with Gasteiger partial charge in [0.2, 0.25) is 5.69 Å². The molecule has 0 atom stereocenters. The minimum Gasteiger partial charge on any atom is -0.505 e. The van der Waals surface area contributed by atoms with Crippen LogP contribution < -0.4 is 0 Å². The van der Waals surface area contributed by atoms with Gasteiger partial charge < -0.3 is 5.11 Å². The fourth-order valence-electron chi connectivity index (χ4n) is 1.84. The summed E-state index contributed by atoms with van der Waals surface area (Å²) >= 11 is 0. The average molecular weight is 286 g/mol. The lowest BCUT2D eigenvalue weighted by atomic mass is 10.0. The zero-order valence-corrected chi connectivity index (χ0v) is 10.9. The van der Waals surface area contributed by atoms with Gasteiger partial charge in [-0.3, -0.25) is 14.9 Å². The average Bonchev–Trinajstić information content (AvgIpc) is 2.46. The summed E-state index contributed by atoms with van der Waals surface area (Å²) in [7, 11) is 0. The van der Waals surface area contributed by atoms with Gasteiger partial charge in [-0.1, -0.05) is 29.8 Å². The van der Waals surface area contributed by atoms with E-state index in [0.29, 0.717) is 5.56 Å². The summed E-state index contributed by atoms with van der Waals surface area (Å²) < 4.78 is 0. The number of rotatable bonds is 4. The molecule has 2 rings (SSSR count). The Hall–Kier alpha value is -3.09. The Labute approximate surface area is 119 Å². The second kappa shape index (κ2) is 5.49. The third-order valence-electron chi connectivity index (χ3n) is 2.93. The highest BCUT2D eigenvalue weighted by Gasteiger charge is 2.23. The molecule has 21 heavy (non-hydrogen) atoms. The van der Waals surface area contributed by atoms with Gasteiger partial charge in [-0.2, -0.15) is 0 Å². The van der Waals surface area contributed by atoms with Crippen molar-refractivity contribution in [1.82, 2.24) is 0 Å². The summed E-state index contributed by atoms with van der Waals surface area (Å²) in [5, 5.41) is 22.9. The predicted octanol–water partition coefficient (Wildman–Crippen LogP) is 3.24. The molecule has 0 bridgehead atoms. The zero-order chi connectivity index (χ0) is 15.6. The fraction of sp³-hybridized carbons (Fsp3) is 0.0714. The molecule has 0 amide bonds. The first-order valence-corrected chi connectivity index (χ1v) is 5.90. The summed E-state index contributed by atoms with van der Waals surface area (Å²) in [4.78, 5) is 32.8. The predicted molar refractivity (Wildman–Crippen MR) is 74.8 cm³/mol. The Balaban J connectivity index is 2.54. The van der Waals surface area contributed by atoms with Crippen LogP contribution in [0.1, 0.15) is 21.5 Å². The van der Waals surface area contributed by atoms with E-state index >= 15 is 0 Å². The molecule has 0 heterocycles. The van der Waals surface area contributed by atoms with Crippen LogP contribution in [0.3, 0.4) is 0 Å². The quantitative estimate of drug-likeness (QED) is 0.401. The Morgan fingerprint density at radius 3 is 2.33 bits per heavy atom. The van der Waals surface area contributed by atoms with Crippen LogP contribution in [-0.2, 0) is 0 Å². The molecule has 2 aromatic rings. The normalized spacial score (nSPS) is 10.1. The number of ketones is 1. The van der Waals surface area contributed by atoms with E-state index in [-0.39, 0.29) is 5.56 Å². The number of nitro benzene ring substituents is 1. The number of benzene rings is 2. The van der Waals surface area contributed by atoms with Crippen molar-refractivity contribution < 1.29 is 14.8 Å². The summed E-state index contributed by atoms with van der Waals surface area (Å²) in [6.45, 7) is 1.86. The monoisotopic (exact) mass is 286 g/mol. The first kappa shape index (κ1) is 14.3. The van der Waals surface area contributed by atoms with Crippen molar-refractivity contribution in [2.24, 2.45) is 5.18 Å². The molecule has 106 valence electrons. The molecule has 2 aromatic carbocycles. The van der Waals surface area contributed by atoms with Crippen LogP contribution in [-0.4, -0.2) is 15.8 Å². The van der Waals surface area contributed by atoms with E-state index < -0.39 is 27.8 Å². The third kappa shape index (κ3) is 2.76. The maximum Gasteiger partial charge on any atom is 0.303 e. The summed E-state index contributed by atoms with van der Waals surface area (Å²) in [5.74, 6) is -1.19. The number of carbonyl (C=O) groups excluding carboxylic acids is 1. The molecule has 0 spiro atoms. The number of carbonyl (C=O) groups is 1. The van der Waals surface area contributed by atoms with E-state index in [1.54, 1.807) is 24.3 Å². The molecule has 0 radical (unpaired) electrons. The number of nitroso groups, excluding NO2 is 1. The minimum atomic E-state index is -0.873. The molecule has 7 heteroatoms. The van der Waals surface area contributed by atoms with E-state index in [1.807, 2.05) is 6.92 Å². The van der Waals surface area contributed by atoms with Crippen molar-refractivity contribution >= 4 is 17.2 Å². The molecule has 0 saturated carbocycles. The number of aryl methyl sites for hydroxylation is 1. The standard InChI is InChI=1S/C14H10N2O5/c1-8-2-4-9(5-3-8)14(18)10-6-11(16(20)21)13(15-19)12(17)7-10/h2-7,17H,1H3. The van der Waals surface area contributed by atoms with E-state index in [0.717, 1.165) is 17.7 Å². The lowest BCUT2D eigenvalue weighted by Gasteiger charge is -2.04. The molecule has 1 N–H and O–H groups in total. The first-order valence-electron chi connectivity index (χ1n) is 5.90. The number of phenols is 1. The highest BCUT2D eigenvalue weighted by Crippen LogP contribution is 2.37. The van der Waals surface area contributed by atoms with Gasteiger partial charge in [0.15, 0.2) is 11.5 Å². The fourth-order valence-corrected chi connectivity index (χ4v) is 1.84. The van der Waals surface area contributed by atoms with Gasteiger partial charge in [-0.05, 0) is 18.2 Å². The van der Waals surface area contributed by atoms with Crippen molar-refractivity contribution in [1.29, 1.82) is 0 Å². The molecule has 0 aliphatic rings. The molecule has 0 aliphatic carbocycles. The van der Waals surface area contributed by atoms with Crippen LogP contribution >= 0.6 is 0 Å². The third-order valence-corrected chi connectivity index (χ3v) is 2.93. The topological polar surface area (TPSA) is 110 Å². The maximum atomic E-state index is 12.2. The second-order valence-corrected chi connectivity index (χ2v) is 4.41. The molecule has 0 saturated heterocycles. The first-order chi connectivity index (χ1) is 9.93. The van der Waals surface area contributed by atoms with Crippen LogP contribution in [0, 0.1) is 21.9 Å². The van der Waals surface area contributed by atoms with E-state index in [9.17, 15) is 24.9 Å². The van der Waals surface area contributed by atoms with Crippen LogP contribution in [0.25, 0.3) is 0 Å². The summed E-state index contributed by atoms with van der Waals surface area (Å²) in [6, 6.07) is 8.52. The van der Waals surface area contributed by atoms with Crippen LogP contribution in [0.4, 0.5) is 11.4 Å². The summed E-state index contributed by atoms with van der Waals surface area (Å²) in [5.41, 5.74) is -0.210. The van der Waals surface area contributed by atoms with Crippen molar-refractivity contribution in [3.05, 3.63) is 68.1 Å². The van der Waals surface area contributed by atoms with Gasteiger partial charge in [-0.15, -0.1) is 4.91 Å². The molecular formula is C14H10N2O5. The summed E-state index contributed by atoms with van der Waals surface area (Å²) in [6.07, 6.45) is 0. The molecule has 0 aliphatic heterocycles. The SMILES string of the molecule is Cc1ccc(C(=O)c2cc(O)c(N=O)c([N+](=O)[O-])c2)cc1. The van der Waals surface area contributed by atoms with E-state index in [2.05, 4.69) is 5.18 Å². The number of hydrogen-bond donors (Lipinski definition) is 1. The van der Waals surface area contributed by atoms with Gasteiger partial charge in [0, 0.05) is 17.2 Å². The molecule has 0 aromatic heterocycles. The van der Waals surface area contributed by atoms with Gasteiger partial charge in [-0.25, -0.2) is 0 Å². The Kier molecular flexibility index (Phi) is 3.75. The smallest absolute Gasteiger partial charge is 0.303 e. The van der Waals surface area contributed by atoms with Gasteiger partial charge in [0.05, 0.1) is 4.92 Å². The van der Waals surface area contributed by atoms with Crippen molar-refractivity contribution in [3.8, 4) is 5.75 Å². The van der Waals surface area contributed by atoms with Gasteiger partial charge in [0.25, 0.3) is 0 Å². The molecule has 0 unspecified atom stereocenters. The number of nitrogens with zero attached hydrogens (tertiary/aromatic N) is 2. The second-order valence-electron chi connectivity index (χ2n) is 4.41. The van der Waals surface area contributed by atoms with Gasteiger partial charge in [0.1, 0.15) is 0 Å².